The summed E-state index contributed by atoms with van der Waals surface area (Å²) in [4.78, 5) is 12.4. The summed E-state index contributed by atoms with van der Waals surface area (Å²) in [5.74, 6) is 3.46. The number of carbonyl (C=O) groups excluding carboxylic acids is 1. The van der Waals surface area contributed by atoms with E-state index in [4.69, 9.17) is 0 Å². The average molecular weight is 331 g/mol. The molecule has 4 aliphatic carbocycles. The Bertz CT molecular complexity index is 579. The first-order valence-electron chi connectivity index (χ1n) is 10.2. The predicted octanol–water partition coefficient (Wildman–Crippen LogP) is 4.76. The van der Waals surface area contributed by atoms with Gasteiger partial charge in [0.1, 0.15) is 5.78 Å². The minimum Gasteiger partial charge on any atom is -0.393 e. The van der Waals surface area contributed by atoms with E-state index in [1.807, 2.05) is 6.92 Å². The smallest absolute Gasteiger partial charge is 0.133 e. The van der Waals surface area contributed by atoms with Crippen LogP contribution in [0, 0.1) is 40.4 Å². The topological polar surface area (TPSA) is 37.3 Å². The number of fused-ring (bicyclic) bond motifs is 5. The SMILES string of the molecule is CC(=O)[C@H]1[C@H](C)C[C@H]2[C@@H]3CC=C4C[C@@H](O)CC[C@]4(C)[C@@H]3CC[C@@]21C. The van der Waals surface area contributed by atoms with Gasteiger partial charge in [-0.2, -0.15) is 0 Å². The zero-order valence-corrected chi connectivity index (χ0v) is 15.8. The third-order valence-corrected chi connectivity index (χ3v) is 8.86. The van der Waals surface area contributed by atoms with Gasteiger partial charge in [0.15, 0.2) is 0 Å². The van der Waals surface area contributed by atoms with Crippen molar-refractivity contribution in [1.82, 2.24) is 0 Å². The Morgan fingerprint density at radius 3 is 2.67 bits per heavy atom. The third kappa shape index (κ3) is 2.14. The summed E-state index contributed by atoms with van der Waals surface area (Å²) in [6.07, 6.45) is 10.3. The summed E-state index contributed by atoms with van der Waals surface area (Å²) in [7, 11) is 0. The molecule has 0 heterocycles. The number of ketones is 1. The van der Waals surface area contributed by atoms with Gasteiger partial charge in [-0.1, -0.05) is 32.4 Å². The molecule has 3 saturated carbocycles. The molecule has 2 nitrogen and oxygen atoms in total. The molecule has 0 aromatic carbocycles. The monoisotopic (exact) mass is 330 g/mol. The summed E-state index contributed by atoms with van der Waals surface area (Å²) < 4.78 is 0. The Balaban J connectivity index is 1.68. The Kier molecular flexibility index (Phi) is 3.81. The average Bonchev–Trinajstić information content (AvgIpc) is 2.78. The summed E-state index contributed by atoms with van der Waals surface area (Å²) in [6, 6.07) is 0. The lowest BCUT2D eigenvalue weighted by Gasteiger charge is -2.57. The lowest BCUT2D eigenvalue weighted by atomic mass is 9.47. The fourth-order valence-electron chi connectivity index (χ4n) is 7.87. The highest BCUT2D eigenvalue weighted by Gasteiger charge is 2.61. The largest absolute Gasteiger partial charge is 0.393 e. The van der Waals surface area contributed by atoms with Gasteiger partial charge in [-0.25, -0.2) is 0 Å². The molecule has 3 fully saturated rings. The van der Waals surface area contributed by atoms with Gasteiger partial charge in [0.25, 0.3) is 0 Å². The standard InChI is InChI=1S/C22H34O2/c1-13-11-19-17-6-5-15-12-16(24)7-9-21(15,3)18(17)8-10-22(19,4)20(13)14(2)23/h5,13,16-20,24H,6-12H2,1-4H3/t13-,16+,17-,18-,19+,20-,21+,22+/m1/s1. The number of aliphatic hydroxyl groups excluding tert-OH is 1. The van der Waals surface area contributed by atoms with E-state index >= 15 is 0 Å². The van der Waals surface area contributed by atoms with Crippen molar-refractivity contribution in [2.75, 3.05) is 0 Å². The van der Waals surface area contributed by atoms with Gasteiger partial charge < -0.3 is 5.11 Å². The number of aliphatic hydroxyl groups is 1. The molecule has 0 spiro atoms. The van der Waals surface area contributed by atoms with Crippen LogP contribution in [0.25, 0.3) is 0 Å². The van der Waals surface area contributed by atoms with Crippen molar-refractivity contribution in [1.29, 1.82) is 0 Å². The van der Waals surface area contributed by atoms with Crippen molar-refractivity contribution < 1.29 is 9.90 Å². The number of hydrogen-bond donors (Lipinski definition) is 1. The number of hydrogen-bond acceptors (Lipinski definition) is 2. The van der Waals surface area contributed by atoms with Crippen LogP contribution in [0.15, 0.2) is 11.6 Å². The van der Waals surface area contributed by atoms with Crippen molar-refractivity contribution in [3.05, 3.63) is 11.6 Å². The van der Waals surface area contributed by atoms with E-state index in [1.54, 1.807) is 5.57 Å². The molecule has 1 N–H and O–H groups in total. The number of rotatable bonds is 1. The molecule has 0 saturated heterocycles. The molecule has 4 aliphatic rings. The highest BCUT2D eigenvalue weighted by Crippen LogP contribution is 2.67. The predicted molar refractivity (Wildman–Crippen MR) is 96.4 cm³/mol. The van der Waals surface area contributed by atoms with E-state index < -0.39 is 0 Å². The minimum absolute atomic E-state index is 0.122. The second-order valence-corrected chi connectivity index (χ2v) is 10.0. The van der Waals surface area contributed by atoms with Crippen molar-refractivity contribution in [3.8, 4) is 0 Å². The Morgan fingerprint density at radius 1 is 1.21 bits per heavy atom. The van der Waals surface area contributed by atoms with Gasteiger partial charge in [-0.15, -0.1) is 0 Å². The number of Topliss-reactive ketones (excluding diaryl/α,β-unsaturated/α-hetero) is 1. The molecule has 2 heteroatoms. The molecule has 134 valence electrons. The zero-order chi connectivity index (χ0) is 17.3. The van der Waals surface area contributed by atoms with Gasteiger partial charge in [0.2, 0.25) is 0 Å². The molecule has 0 unspecified atom stereocenters. The second kappa shape index (κ2) is 5.43. The fraction of sp³-hybridized carbons (Fsp3) is 0.864. The van der Waals surface area contributed by atoms with Gasteiger partial charge >= 0.3 is 0 Å². The first-order valence-corrected chi connectivity index (χ1v) is 10.2. The Labute approximate surface area is 147 Å². The normalized spacial score (nSPS) is 53.6. The van der Waals surface area contributed by atoms with E-state index in [0.29, 0.717) is 23.0 Å². The van der Waals surface area contributed by atoms with Crippen LogP contribution in [-0.4, -0.2) is 17.0 Å². The van der Waals surface area contributed by atoms with Crippen LogP contribution < -0.4 is 0 Å². The zero-order valence-electron chi connectivity index (χ0n) is 15.8. The Morgan fingerprint density at radius 2 is 1.96 bits per heavy atom. The van der Waals surface area contributed by atoms with Crippen LogP contribution in [-0.2, 0) is 4.79 Å². The highest BCUT2D eigenvalue weighted by molar-refractivity contribution is 5.80. The van der Waals surface area contributed by atoms with Crippen LogP contribution in [0.4, 0.5) is 0 Å². The van der Waals surface area contributed by atoms with Crippen LogP contribution in [0.5, 0.6) is 0 Å². The number of carbonyl (C=O) groups is 1. The molecule has 8 atom stereocenters. The van der Waals surface area contributed by atoms with Gasteiger partial charge in [0.05, 0.1) is 6.10 Å². The van der Waals surface area contributed by atoms with E-state index in [0.717, 1.165) is 31.1 Å². The fourth-order valence-corrected chi connectivity index (χ4v) is 7.87. The molecular weight excluding hydrogens is 296 g/mol. The molecule has 0 radical (unpaired) electrons. The van der Waals surface area contributed by atoms with E-state index in [1.165, 1.54) is 25.7 Å². The van der Waals surface area contributed by atoms with Gasteiger partial charge in [-0.05, 0) is 86.4 Å². The molecule has 0 aromatic heterocycles. The summed E-state index contributed by atoms with van der Waals surface area (Å²) in [5, 5.41) is 10.1. The second-order valence-electron chi connectivity index (χ2n) is 10.0. The summed E-state index contributed by atoms with van der Waals surface area (Å²) in [5.41, 5.74) is 2.07. The molecule has 24 heavy (non-hydrogen) atoms. The van der Waals surface area contributed by atoms with Crippen molar-refractivity contribution in [3.63, 3.8) is 0 Å². The highest BCUT2D eigenvalue weighted by atomic mass is 16.3. The van der Waals surface area contributed by atoms with E-state index in [2.05, 4.69) is 26.8 Å². The van der Waals surface area contributed by atoms with Crippen LogP contribution in [0.1, 0.15) is 72.6 Å². The maximum atomic E-state index is 12.4. The lowest BCUT2D eigenvalue weighted by Crippen LogP contribution is -2.51. The quantitative estimate of drug-likeness (QED) is 0.704. The molecule has 0 aliphatic heterocycles. The maximum Gasteiger partial charge on any atom is 0.133 e. The third-order valence-electron chi connectivity index (χ3n) is 8.86. The van der Waals surface area contributed by atoms with Crippen LogP contribution in [0.2, 0.25) is 0 Å². The molecule has 0 aromatic rings. The van der Waals surface area contributed by atoms with Crippen molar-refractivity contribution >= 4 is 5.78 Å². The first kappa shape index (κ1) is 16.8. The Hall–Kier alpha value is -0.630. The molecule has 0 amide bonds. The maximum absolute atomic E-state index is 12.4. The molecule has 4 rings (SSSR count). The molecular formula is C22H34O2. The van der Waals surface area contributed by atoms with E-state index in [9.17, 15) is 9.90 Å². The van der Waals surface area contributed by atoms with Crippen LogP contribution in [0.3, 0.4) is 0 Å². The first-order chi connectivity index (χ1) is 11.3. The summed E-state index contributed by atoms with van der Waals surface area (Å²) in [6.45, 7) is 9.04. The van der Waals surface area contributed by atoms with E-state index in [-0.39, 0.29) is 17.4 Å². The van der Waals surface area contributed by atoms with Gasteiger partial charge in [0, 0.05) is 5.92 Å². The lowest BCUT2D eigenvalue weighted by molar-refractivity contribution is -0.128. The number of allylic oxidation sites excluding steroid dienone is 1. The van der Waals surface area contributed by atoms with Crippen molar-refractivity contribution in [2.45, 2.75) is 78.7 Å². The molecule has 0 bridgehead atoms. The van der Waals surface area contributed by atoms with Crippen molar-refractivity contribution in [2.24, 2.45) is 40.4 Å². The van der Waals surface area contributed by atoms with Crippen LogP contribution >= 0.6 is 0 Å². The van der Waals surface area contributed by atoms with Gasteiger partial charge in [-0.3, -0.25) is 4.79 Å². The summed E-state index contributed by atoms with van der Waals surface area (Å²) >= 11 is 0. The minimum atomic E-state index is -0.122.